The van der Waals surface area contributed by atoms with E-state index in [9.17, 15) is 9.90 Å². The molecule has 1 heterocycles. The highest BCUT2D eigenvalue weighted by atomic mass is 35.5. The third-order valence-electron chi connectivity index (χ3n) is 3.95. The van der Waals surface area contributed by atoms with E-state index in [1.165, 1.54) is 0 Å². The van der Waals surface area contributed by atoms with Crippen molar-refractivity contribution in [1.82, 2.24) is 10.3 Å². The van der Waals surface area contributed by atoms with Gasteiger partial charge in [0.05, 0.1) is 0 Å². The van der Waals surface area contributed by atoms with Gasteiger partial charge in [0.25, 0.3) is 0 Å². The van der Waals surface area contributed by atoms with Crippen LogP contribution in [-0.2, 0) is 17.8 Å². The molecule has 0 aliphatic heterocycles. The zero-order valence-electron chi connectivity index (χ0n) is 12.7. The molecule has 3 N–H and O–H groups in total. The van der Waals surface area contributed by atoms with Gasteiger partial charge in [-0.25, -0.2) is 0 Å². The van der Waals surface area contributed by atoms with Crippen molar-refractivity contribution in [3.63, 3.8) is 0 Å². The van der Waals surface area contributed by atoms with Crippen LogP contribution in [0.4, 0.5) is 0 Å². The first kappa shape index (κ1) is 16.8. The molecule has 0 radical (unpaired) electrons. The Balaban J connectivity index is 1.74. The molecule has 3 aromatic rings. The molecule has 0 amide bonds. The predicted molar refractivity (Wildman–Crippen MR) is 96.7 cm³/mol. The highest BCUT2D eigenvalue weighted by Crippen LogP contribution is 2.22. The van der Waals surface area contributed by atoms with E-state index in [1.54, 1.807) is 18.2 Å². The number of para-hydroxylation sites is 1. The first-order chi connectivity index (χ1) is 11.5. The quantitative estimate of drug-likeness (QED) is 0.613. The Hall–Kier alpha value is -2.01. The van der Waals surface area contributed by atoms with E-state index in [2.05, 4.69) is 10.3 Å². The second-order valence-corrected chi connectivity index (χ2v) is 6.41. The van der Waals surface area contributed by atoms with Crippen LogP contribution in [0.25, 0.3) is 10.9 Å². The van der Waals surface area contributed by atoms with Crippen LogP contribution in [0.15, 0.2) is 48.7 Å². The van der Waals surface area contributed by atoms with E-state index in [4.69, 9.17) is 23.2 Å². The fourth-order valence-electron chi connectivity index (χ4n) is 2.67. The Bertz CT molecular complexity index is 876. The van der Waals surface area contributed by atoms with E-state index < -0.39 is 12.0 Å². The average molecular weight is 363 g/mol. The first-order valence-corrected chi connectivity index (χ1v) is 8.25. The van der Waals surface area contributed by atoms with Gasteiger partial charge in [-0.05, 0) is 29.3 Å². The lowest BCUT2D eigenvalue weighted by molar-refractivity contribution is -0.139. The number of benzene rings is 2. The van der Waals surface area contributed by atoms with Gasteiger partial charge in [-0.1, -0.05) is 47.5 Å². The molecule has 0 aliphatic rings. The summed E-state index contributed by atoms with van der Waals surface area (Å²) in [5.41, 5.74) is 2.77. The van der Waals surface area contributed by atoms with Gasteiger partial charge in [-0.3, -0.25) is 10.1 Å². The van der Waals surface area contributed by atoms with Gasteiger partial charge in [-0.2, -0.15) is 0 Å². The van der Waals surface area contributed by atoms with Crippen molar-refractivity contribution in [2.75, 3.05) is 0 Å². The predicted octanol–water partition coefficient (Wildman–Crippen LogP) is 4.26. The third kappa shape index (κ3) is 3.73. The van der Waals surface area contributed by atoms with E-state index in [-0.39, 0.29) is 0 Å². The van der Waals surface area contributed by atoms with Crippen molar-refractivity contribution < 1.29 is 9.90 Å². The number of carboxylic acid groups (broad SMARTS) is 1. The van der Waals surface area contributed by atoms with Crippen molar-refractivity contribution in [1.29, 1.82) is 0 Å². The van der Waals surface area contributed by atoms with Crippen molar-refractivity contribution in [3.8, 4) is 0 Å². The van der Waals surface area contributed by atoms with Crippen molar-refractivity contribution in [2.45, 2.75) is 19.0 Å². The van der Waals surface area contributed by atoms with E-state index in [1.807, 2.05) is 30.5 Å². The number of halogens is 2. The van der Waals surface area contributed by atoms with Gasteiger partial charge in [0.1, 0.15) is 6.04 Å². The fraction of sp³-hybridized carbons (Fsp3) is 0.167. The van der Waals surface area contributed by atoms with Crippen molar-refractivity contribution in [2.24, 2.45) is 0 Å². The molecule has 0 spiro atoms. The van der Waals surface area contributed by atoms with E-state index in [0.29, 0.717) is 23.0 Å². The van der Waals surface area contributed by atoms with Gasteiger partial charge in [0, 0.05) is 40.1 Å². The number of carbonyl (C=O) groups is 1. The maximum atomic E-state index is 11.6. The number of aromatic amines is 1. The summed E-state index contributed by atoms with van der Waals surface area (Å²) in [5.74, 6) is -0.898. The van der Waals surface area contributed by atoms with Crippen LogP contribution < -0.4 is 5.32 Å². The topological polar surface area (TPSA) is 65.1 Å². The molecule has 0 unspecified atom stereocenters. The van der Waals surface area contributed by atoms with E-state index in [0.717, 1.165) is 22.0 Å². The van der Waals surface area contributed by atoms with Gasteiger partial charge >= 0.3 is 5.97 Å². The second-order valence-electron chi connectivity index (χ2n) is 5.57. The lowest BCUT2D eigenvalue weighted by atomic mass is 10.0. The first-order valence-electron chi connectivity index (χ1n) is 7.49. The normalized spacial score (nSPS) is 12.4. The molecule has 24 heavy (non-hydrogen) atoms. The zero-order chi connectivity index (χ0) is 17.1. The Morgan fingerprint density at radius 2 is 1.96 bits per heavy atom. The molecular formula is C18H16Cl2N2O2. The molecular weight excluding hydrogens is 347 g/mol. The Morgan fingerprint density at radius 1 is 1.17 bits per heavy atom. The highest BCUT2D eigenvalue weighted by Gasteiger charge is 2.19. The van der Waals surface area contributed by atoms with Crippen molar-refractivity contribution in [3.05, 3.63) is 69.8 Å². The highest BCUT2D eigenvalue weighted by molar-refractivity contribution is 6.35. The van der Waals surface area contributed by atoms with Crippen LogP contribution in [0.1, 0.15) is 11.1 Å². The smallest absolute Gasteiger partial charge is 0.321 e. The largest absolute Gasteiger partial charge is 0.480 e. The van der Waals surface area contributed by atoms with Crippen LogP contribution >= 0.6 is 23.2 Å². The fourth-order valence-corrected chi connectivity index (χ4v) is 3.14. The number of aromatic nitrogens is 1. The Morgan fingerprint density at radius 3 is 2.71 bits per heavy atom. The van der Waals surface area contributed by atoms with E-state index >= 15 is 0 Å². The SMILES string of the molecule is O=C(O)[C@@H](Cc1c[nH]c2ccccc12)NCc1ccc(Cl)cc1Cl. The number of carboxylic acids is 1. The standard InChI is InChI=1S/C18H16Cl2N2O2/c19-13-6-5-11(15(20)8-13)9-22-17(18(23)24)7-12-10-21-16-4-2-1-3-14(12)16/h1-6,8,10,17,21-22H,7,9H2,(H,23,24)/t17-/m1/s1. The number of H-pyrrole nitrogens is 1. The molecule has 0 bridgehead atoms. The monoisotopic (exact) mass is 362 g/mol. The number of rotatable bonds is 6. The van der Waals surface area contributed by atoms with Gasteiger partial charge in [0.15, 0.2) is 0 Å². The molecule has 0 aliphatic carbocycles. The molecule has 1 atom stereocenters. The summed E-state index contributed by atoms with van der Waals surface area (Å²) in [6, 6.07) is 12.3. The number of aliphatic carboxylic acids is 1. The summed E-state index contributed by atoms with van der Waals surface area (Å²) in [5, 5.41) is 14.7. The minimum Gasteiger partial charge on any atom is -0.480 e. The Kier molecular flexibility index (Phi) is 5.09. The summed E-state index contributed by atoms with van der Waals surface area (Å²) in [7, 11) is 0. The summed E-state index contributed by atoms with van der Waals surface area (Å²) in [6.07, 6.45) is 2.24. The lowest BCUT2D eigenvalue weighted by Crippen LogP contribution is -2.38. The molecule has 0 saturated heterocycles. The number of hydrogen-bond acceptors (Lipinski definition) is 2. The maximum absolute atomic E-state index is 11.6. The zero-order valence-corrected chi connectivity index (χ0v) is 14.2. The molecule has 3 rings (SSSR count). The molecule has 0 saturated carbocycles. The van der Waals surface area contributed by atoms with Crippen LogP contribution in [0, 0.1) is 0 Å². The lowest BCUT2D eigenvalue weighted by Gasteiger charge is -2.15. The summed E-state index contributed by atoms with van der Waals surface area (Å²) < 4.78 is 0. The van der Waals surface area contributed by atoms with Crippen LogP contribution in [0.2, 0.25) is 10.0 Å². The van der Waals surface area contributed by atoms with Gasteiger partial charge in [0.2, 0.25) is 0 Å². The second kappa shape index (κ2) is 7.26. The van der Waals surface area contributed by atoms with Crippen LogP contribution in [-0.4, -0.2) is 22.1 Å². The van der Waals surface area contributed by atoms with Crippen LogP contribution in [0.3, 0.4) is 0 Å². The number of nitrogens with one attached hydrogen (secondary N) is 2. The van der Waals surface area contributed by atoms with Crippen molar-refractivity contribution >= 4 is 40.1 Å². The average Bonchev–Trinajstić information content (AvgIpc) is 2.95. The minimum atomic E-state index is -0.898. The molecule has 2 aromatic carbocycles. The van der Waals surface area contributed by atoms with Gasteiger partial charge in [-0.15, -0.1) is 0 Å². The molecule has 1 aromatic heterocycles. The molecule has 4 nitrogen and oxygen atoms in total. The maximum Gasteiger partial charge on any atom is 0.321 e. The minimum absolute atomic E-state index is 0.356. The molecule has 124 valence electrons. The van der Waals surface area contributed by atoms with Gasteiger partial charge < -0.3 is 10.1 Å². The number of hydrogen-bond donors (Lipinski definition) is 3. The summed E-state index contributed by atoms with van der Waals surface area (Å²) in [4.78, 5) is 14.8. The van der Waals surface area contributed by atoms with Crippen LogP contribution in [0.5, 0.6) is 0 Å². The molecule has 6 heteroatoms. The summed E-state index contributed by atoms with van der Waals surface area (Å²) in [6.45, 7) is 0.356. The third-order valence-corrected chi connectivity index (χ3v) is 4.54. The molecule has 0 fully saturated rings. The number of fused-ring (bicyclic) bond motifs is 1. The Labute approximate surface area is 149 Å². The summed E-state index contributed by atoms with van der Waals surface area (Å²) >= 11 is 12.0.